The van der Waals surface area contributed by atoms with Crippen LogP contribution in [0.3, 0.4) is 0 Å². The van der Waals surface area contributed by atoms with Crippen molar-refractivity contribution in [2.45, 2.75) is 38.6 Å². The zero-order valence-electron chi connectivity index (χ0n) is 17.2. The number of carbonyl (C=O) groups excluding carboxylic acids is 2. The smallest absolute Gasteiger partial charge is 0.260 e. The van der Waals surface area contributed by atoms with Crippen LogP contribution in [0.1, 0.15) is 59.2 Å². The van der Waals surface area contributed by atoms with E-state index >= 15 is 0 Å². The maximum atomic E-state index is 12.5. The molecule has 0 radical (unpaired) electrons. The molecule has 2 aliphatic rings. The largest absolute Gasteiger partial charge is 0.504 e. The van der Waals surface area contributed by atoms with Crippen LogP contribution in [0.5, 0.6) is 11.5 Å². The maximum absolute atomic E-state index is 12.5. The Labute approximate surface area is 181 Å². The molecule has 0 aromatic heterocycles. The number of phenolic OH excluding ortho intramolecular Hbond substituents is 2. The first-order valence-corrected chi connectivity index (χ1v) is 10.6. The summed E-state index contributed by atoms with van der Waals surface area (Å²) in [5.41, 5.74) is 3.14. The van der Waals surface area contributed by atoms with E-state index in [1.807, 2.05) is 12.1 Å². The summed E-state index contributed by atoms with van der Waals surface area (Å²) < 4.78 is 0. The van der Waals surface area contributed by atoms with Crippen molar-refractivity contribution in [3.8, 4) is 11.5 Å². The normalized spacial score (nSPS) is 18.3. The standard InChI is InChI=1S/C25H26N2O4/c28-22-11-9-18(13-23(22)29)14-26-15-21-20-12-17(7-6-16-4-2-1-3-5-16)8-10-19(20)24(30)27-25(21)31/h6-13,15-16,26,28-29H,1-5,14H2,(H,27,30,31)/b7-6+,21-15+. The average molecular weight is 418 g/mol. The van der Waals surface area contributed by atoms with Crippen molar-refractivity contribution < 1.29 is 19.8 Å². The molecule has 4 N–H and O–H groups in total. The minimum atomic E-state index is -0.452. The van der Waals surface area contributed by atoms with Crippen LogP contribution < -0.4 is 10.6 Å². The minimum absolute atomic E-state index is 0.185. The summed E-state index contributed by atoms with van der Waals surface area (Å²) >= 11 is 0. The number of fused-ring (bicyclic) bond motifs is 1. The van der Waals surface area contributed by atoms with E-state index in [0.29, 0.717) is 29.2 Å². The van der Waals surface area contributed by atoms with Crippen LogP contribution >= 0.6 is 0 Å². The molecule has 1 saturated carbocycles. The number of aromatic hydroxyl groups is 2. The monoisotopic (exact) mass is 418 g/mol. The zero-order valence-corrected chi connectivity index (χ0v) is 17.2. The van der Waals surface area contributed by atoms with E-state index < -0.39 is 11.8 Å². The molecule has 160 valence electrons. The molecule has 6 heteroatoms. The quantitative estimate of drug-likeness (QED) is 0.333. The minimum Gasteiger partial charge on any atom is -0.504 e. The summed E-state index contributed by atoms with van der Waals surface area (Å²) in [5.74, 6) is -0.647. The lowest BCUT2D eigenvalue weighted by atomic mass is 9.88. The molecule has 1 aliphatic carbocycles. The van der Waals surface area contributed by atoms with Gasteiger partial charge in [-0.2, -0.15) is 0 Å². The van der Waals surface area contributed by atoms with Crippen LogP contribution in [0.25, 0.3) is 11.6 Å². The molecule has 2 aromatic carbocycles. The van der Waals surface area contributed by atoms with Gasteiger partial charge in [0.05, 0.1) is 5.57 Å². The molecule has 2 amide bonds. The number of hydrogen-bond acceptors (Lipinski definition) is 5. The van der Waals surface area contributed by atoms with Crippen LogP contribution in [0.4, 0.5) is 0 Å². The van der Waals surface area contributed by atoms with E-state index in [2.05, 4.69) is 22.8 Å². The van der Waals surface area contributed by atoms with Gasteiger partial charge < -0.3 is 15.5 Å². The Balaban J connectivity index is 1.55. The molecule has 0 bridgehead atoms. The van der Waals surface area contributed by atoms with E-state index in [-0.39, 0.29) is 11.5 Å². The Bertz CT molecular complexity index is 1070. The summed E-state index contributed by atoms with van der Waals surface area (Å²) in [6.07, 6.45) is 12.2. The van der Waals surface area contributed by atoms with Crippen LogP contribution in [0, 0.1) is 5.92 Å². The van der Waals surface area contributed by atoms with Crippen molar-refractivity contribution in [1.82, 2.24) is 10.6 Å². The first kappa shape index (κ1) is 20.7. The third-order valence-corrected chi connectivity index (χ3v) is 5.85. The highest BCUT2D eigenvalue weighted by molar-refractivity contribution is 6.31. The Kier molecular flexibility index (Phi) is 6.07. The number of rotatable bonds is 5. The molecule has 2 aromatic rings. The van der Waals surface area contributed by atoms with Gasteiger partial charge in [-0.25, -0.2) is 0 Å². The molecular weight excluding hydrogens is 392 g/mol. The van der Waals surface area contributed by atoms with Gasteiger partial charge in [0.25, 0.3) is 11.8 Å². The van der Waals surface area contributed by atoms with Gasteiger partial charge in [-0.3, -0.25) is 14.9 Å². The summed E-state index contributed by atoms with van der Waals surface area (Å²) in [7, 11) is 0. The lowest BCUT2D eigenvalue weighted by Gasteiger charge is -2.20. The molecule has 0 atom stereocenters. The van der Waals surface area contributed by atoms with Crippen molar-refractivity contribution in [2.75, 3.05) is 0 Å². The molecule has 1 fully saturated rings. The highest BCUT2D eigenvalue weighted by Crippen LogP contribution is 2.28. The van der Waals surface area contributed by atoms with Crippen molar-refractivity contribution in [1.29, 1.82) is 0 Å². The molecule has 0 spiro atoms. The maximum Gasteiger partial charge on any atom is 0.260 e. The first-order chi connectivity index (χ1) is 15.0. The second-order valence-electron chi connectivity index (χ2n) is 8.11. The van der Waals surface area contributed by atoms with Crippen LogP contribution in [0.2, 0.25) is 0 Å². The van der Waals surface area contributed by atoms with Gasteiger partial charge in [-0.05, 0) is 54.2 Å². The second-order valence-corrected chi connectivity index (χ2v) is 8.11. The molecule has 31 heavy (non-hydrogen) atoms. The van der Waals surface area contributed by atoms with Gasteiger partial charge in [-0.1, -0.05) is 43.5 Å². The molecular formula is C25H26N2O4. The Morgan fingerprint density at radius 2 is 1.74 bits per heavy atom. The van der Waals surface area contributed by atoms with Gasteiger partial charge in [0.1, 0.15) is 0 Å². The molecule has 0 unspecified atom stereocenters. The fraction of sp³-hybridized carbons (Fsp3) is 0.280. The number of carbonyl (C=O) groups is 2. The summed E-state index contributed by atoms with van der Waals surface area (Å²) in [6.45, 7) is 0.342. The van der Waals surface area contributed by atoms with Crippen LogP contribution in [0.15, 0.2) is 48.7 Å². The van der Waals surface area contributed by atoms with Crippen molar-refractivity contribution >= 4 is 23.5 Å². The third kappa shape index (κ3) is 4.79. The number of phenols is 2. The van der Waals surface area contributed by atoms with Crippen molar-refractivity contribution in [3.63, 3.8) is 0 Å². The fourth-order valence-corrected chi connectivity index (χ4v) is 4.11. The SMILES string of the molecule is O=C1NC(=O)c2ccc(/C=C/C3CCCCC3)cc2/C1=C\NCc1ccc(O)c(O)c1. The first-order valence-electron chi connectivity index (χ1n) is 10.6. The lowest BCUT2D eigenvalue weighted by molar-refractivity contribution is -0.114. The summed E-state index contributed by atoms with van der Waals surface area (Å²) in [5, 5.41) is 24.5. The molecule has 4 rings (SSSR count). The highest BCUT2D eigenvalue weighted by Gasteiger charge is 2.27. The topological polar surface area (TPSA) is 98.7 Å². The zero-order chi connectivity index (χ0) is 21.8. The lowest BCUT2D eigenvalue weighted by Crippen LogP contribution is -2.37. The molecule has 1 aliphatic heterocycles. The van der Waals surface area contributed by atoms with Gasteiger partial charge in [-0.15, -0.1) is 0 Å². The predicted molar refractivity (Wildman–Crippen MR) is 119 cm³/mol. The molecule has 0 saturated heterocycles. The number of imide groups is 1. The van der Waals surface area contributed by atoms with Crippen molar-refractivity contribution in [2.24, 2.45) is 5.92 Å². The van der Waals surface area contributed by atoms with Crippen molar-refractivity contribution in [3.05, 3.63) is 70.9 Å². The Morgan fingerprint density at radius 1 is 0.935 bits per heavy atom. The highest BCUT2D eigenvalue weighted by atomic mass is 16.3. The third-order valence-electron chi connectivity index (χ3n) is 5.85. The van der Waals surface area contributed by atoms with E-state index in [9.17, 15) is 19.8 Å². The van der Waals surface area contributed by atoms with Gasteiger partial charge >= 0.3 is 0 Å². The van der Waals surface area contributed by atoms with Gasteiger partial charge in [0.15, 0.2) is 11.5 Å². The number of hydrogen-bond donors (Lipinski definition) is 4. The fourth-order valence-electron chi connectivity index (χ4n) is 4.11. The summed E-state index contributed by atoms with van der Waals surface area (Å²) in [6, 6.07) is 10.1. The van der Waals surface area contributed by atoms with E-state index in [4.69, 9.17) is 0 Å². The number of nitrogens with one attached hydrogen (secondary N) is 2. The van der Waals surface area contributed by atoms with Gasteiger partial charge in [0, 0.05) is 23.9 Å². The average Bonchev–Trinajstić information content (AvgIpc) is 2.77. The van der Waals surface area contributed by atoms with Crippen LogP contribution in [-0.2, 0) is 11.3 Å². The van der Waals surface area contributed by atoms with Gasteiger partial charge in [0.2, 0.25) is 0 Å². The molecule has 1 heterocycles. The van der Waals surface area contributed by atoms with E-state index in [1.165, 1.54) is 44.2 Å². The number of amides is 2. The second kappa shape index (κ2) is 9.08. The number of allylic oxidation sites excluding steroid dienone is 1. The molecule has 6 nitrogen and oxygen atoms in total. The summed E-state index contributed by atoms with van der Waals surface area (Å²) in [4.78, 5) is 24.8. The Morgan fingerprint density at radius 3 is 2.52 bits per heavy atom. The van der Waals surface area contributed by atoms with E-state index in [0.717, 1.165) is 11.1 Å². The van der Waals surface area contributed by atoms with E-state index in [1.54, 1.807) is 18.3 Å². The Hall–Kier alpha value is -3.54. The van der Waals surface area contributed by atoms with Crippen LogP contribution in [-0.4, -0.2) is 22.0 Å². The number of benzene rings is 2. The predicted octanol–water partition coefficient (Wildman–Crippen LogP) is 4.09.